The lowest BCUT2D eigenvalue weighted by Crippen LogP contribution is -2.29. The summed E-state index contributed by atoms with van der Waals surface area (Å²) in [5.74, 6) is -0.336. The van der Waals surface area contributed by atoms with Gasteiger partial charge in [0.05, 0.1) is 23.5 Å². The van der Waals surface area contributed by atoms with Crippen molar-refractivity contribution in [1.29, 1.82) is 0 Å². The van der Waals surface area contributed by atoms with Crippen molar-refractivity contribution in [3.63, 3.8) is 0 Å². The van der Waals surface area contributed by atoms with Gasteiger partial charge in [0, 0.05) is 20.1 Å². The number of esters is 1. The standard InChI is InChI=1S/C14H23N3O2/c1-5-19-14(18)11-6-7-13(12(15)10-11)17(4)9-8-16(2)3/h6-7,10H,5,8-9,15H2,1-4H3. The molecule has 0 unspecified atom stereocenters. The Bertz CT molecular complexity index is 433. The number of benzene rings is 1. The smallest absolute Gasteiger partial charge is 0.338 e. The van der Waals surface area contributed by atoms with Crippen molar-refractivity contribution in [3.05, 3.63) is 23.8 Å². The maximum absolute atomic E-state index is 11.6. The van der Waals surface area contributed by atoms with Crippen LogP contribution in [-0.4, -0.2) is 51.7 Å². The summed E-state index contributed by atoms with van der Waals surface area (Å²) in [5.41, 5.74) is 8.00. The lowest BCUT2D eigenvalue weighted by atomic mass is 10.1. The zero-order chi connectivity index (χ0) is 14.4. The van der Waals surface area contributed by atoms with Crippen LogP contribution in [0.3, 0.4) is 0 Å². The Morgan fingerprint density at radius 1 is 1.26 bits per heavy atom. The molecule has 0 spiro atoms. The molecule has 1 aromatic carbocycles. The van der Waals surface area contributed by atoms with E-state index in [4.69, 9.17) is 10.5 Å². The normalized spacial score (nSPS) is 10.6. The van der Waals surface area contributed by atoms with Crippen molar-refractivity contribution >= 4 is 17.3 Å². The van der Waals surface area contributed by atoms with Crippen molar-refractivity contribution < 1.29 is 9.53 Å². The summed E-state index contributed by atoms with van der Waals surface area (Å²) in [4.78, 5) is 15.8. The highest BCUT2D eigenvalue weighted by atomic mass is 16.5. The highest BCUT2D eigenvalue weighted by Gasteiger charge is 2.11. The Labute approximate surface area is 114 Å². The number of nitrogens with two attached hydrogens (primary N) is 1. The fourth-order valence-corrected chi connectivity index (χ4v) is 1.71. The Morgan fingerprint density at radius 3 is 2.47 bits per heavy atom. The van der Waals surface area contributed by atoms with Crippen LogP contribution in [0.2, 0.25) is 0 Å². The van der Waals surface area contributed by atoms with Crippen LogP contribution in [0.25, 0.3) is 0 Å². The molecule has 106 valence electrons. The van der Waals surface area contributed by atoms with Gasteiger partial charge in [-0.15, -0.1) is 0 Å². The molecule has 0 aliphatic rings. The summed E-state index contributed by atoms with van der Waals surface area (Å²) in [6, 6.07) is 5.27. The summed E-state index contributed by atoms with van der Waals surface area (Å²) in [7, 11) is 6.04. The van der Waals surface area contributed by atoms with Crippen LogP contribution in [0.15, 0.2) is 18.2 Å². The molecule has 2 N–H and O–H groups in total. The van der Waals surface area contributed by atoms with Crippen molar-refractivity contribution in [1.82, 2.24) is 4.90 Å². The van der Waals surface area contributed by atoms with Gasteiger partial charge in [-0.3, -0.25) is 0 Å². The zero-order valence-corrected chi connectivity index (χ0v) is 12.1. The fraction of sp³-hybridized carbons (Fsp3) is 0.500. The first-order valence-electron chi connectivity index (χ1n) is 6.38. The summed E-state index contributed by atoms with van der Waals surface area (Å²) in [6.45, 7) is 3.96. The summed E-state index contributed by atoms with van der Waals surface area (Å²) in [5, 5.41) is 0. The van der Waals surface area contributed by atoms with Gasteiger partial charge in [0.1, 0.15) is 0 Å². The lowest BCUT2D eigenvalue weighted by molar-refractivity contribution is 0.0526. The van der Waals surface area contributed by atoms with Gasteiger partial charge in [-0.2, -0.15) is 0 Å². The van der Waals surface area contributed by atoms with Gasteiger partial charge in [0.15, 0.2) is 0 Å². The number of ether oxygens (including phenoxy) is 1. The van der Waals surface area contributed by atoms with E-state index >= 15 is 0 Å². The van der Waals surface area contributed by atoms with Gasteiger partial charge in [-0.05, 0) is 39.2 Å². The number of likely N-dealkylation sites (N-methyl/N-ethyl adjacent to an activating group) is 2. The second-order valence-corrected chi connectivity index (χ2v) is 4.72. The quantitative estimate of drug-likeness (QED) is 0.623. The van der Waals surface area contributed by atoms with E-state index in [1.807, 2.05) is 27.2 Å². The molecule has 0 saturated heterocycles. The number of hydrogen-bond donors (Lipinski definition) is 1. The molecule has 0 amide bonds. The van der Waals surface area contributed by atoms with Crippen LogP contribution in [-0.2, 0) is 4.74 Å². The fourth-order valence-electron chi connectivity index (χ4n) is 1.71. The van der Waals surface area contributed by atoms with E-state index in [9.17, 15) is 4.79 Å². The lowest BCUT2D eigenvalue weighted by Gasteiger charge is -2.23. The highest BCUT2D eigenvalue weighted by molar-refractivity contribution is 5.92. The average molecular weight is 265 g/mol. The monoisotopic (exact) mass is 265 g/mol. The van der Waals surface area contributed by atoms with Gasteiger partial charge in [0.25, 0.3) is 0 Å². The molecule has 0 radical (unpaired) electrons. The SMILES string of the molecule is CCOC(=O)c1ccc(N(C)CCN(C)C)c(N)c1. The molecule has 0 atom stereocenters. The third kappa shape index (κ3) is 4.44. The van der Waals surface area contributed by atoms with E-state index < -0.39 is 0 Å². The molecule has 1 rings (SSSR count). The van der Waals surface area contributed by atoms with E-state index in [-0.39, 0.29) is 5.97 Å². The molecule has 0 saturated carbocycles. The van der Waals surface area contributed by atoms with Gasteiger partial charge >= 0.3 is 5.97 Å². The van der Waals surface area contributed by atoms with Crippen molar-refractivity contribution in [3.8, 4) is 0 Å². The van der Waals surface area contributed by atoms with Crippen LogP contribution in [0.4, 0.5) is 11.4 Å². The van der Waals surface area contributed by atoms with Crippen molar-refractivity contribution in [2.75, 3.05) is 51.5 Å². The molecule has 19 heavy (non-hydrogen) atoms. The number of rotatable bonds is 6. The number of nitrogens with zero attached hydrogens (tertiary/aromatic N) is 2. The van der Waals surface area contributed by atoms with Crippen LogP contribution in [0.1, 0.15) is 17.3 Å². The maximum atomic E-state index is 11.6. The minimum absolute atomic E-state index is 0.336. The molecule has 5 heteroatoms. The van der Waals surface area contributed by atoms with Crippen molar-refractivity contribution in [2.45, 2.75) is 6.92 Å². The molecule has 0 aromatic heterocycles. The van der Waals surface area contributed by atoms with Crippen LogP contribution >= 0.6 is 0 Å². The first kappa shape index (κ1) is 15.3. The summed E-state index contributed by atoms with van der Waals surface area (Å²) >= 11 is 0. The number of carbonyl (C=O) groups is 1. The second kappa shape index (κ2) is 6.99. The number of anilines is 2. The highest BCUT2D eigenvalue weighted by Crippen LogP contribution is 2.23. The van der Waals surface area contributed by atoms with E-state index in [1.54, 1.807) is 19.1 Å². The van der Waals surface area contributed by atoms with Crippen LogP contribution in [0, 0.1) is 0 Å². The topological polar surface area (TPSA) is 58.8 Å². The summed E-state index contributed by atoms with van der Waals surface area (Å²) < 4.78 is 4.95. The Kier molecular flexibility index (Phi) is 5.63. The van der Waals surface area contributed by atoms with Crippen LogP contribution < -0.4 is 10.6 Å². The predicted molar refractivity (Wildman–Crippen MR) is 78.6 cm³/mol. The number of hydrogen-bond acceptors (Lipinski definition) is 5. The van der Waals surface area contributed by atoms with E-state index in [0.29, 0.717) is 17.9 Å². The van der Waals surface area contributed by atoms with E-state index in [2.05, 4.69) is 9.80 Å². The summed E-state index contributed by atoms with van der Waals surface area (Å²) in [6.07, 6.45) is 0. The first-order chi connectivity index (χ1) is 8.95. The molecular weight excluding hydrogens is 242 g/mol. The third-order valence-corrected chi connectivity index (χ3v) is 2.83. The Morgan fingerprint density at radius 2 is 1.95 bits per heavy atom. The molecule has 0 aliphatic heterocycles. The maximum Gasteiger partial charge on any atom is 0.338 e. The average Bonchev–Trinajstić information content (AvgIpc) is 2.36. The van der Waals surface area contributed by atoms with Crippen LogP contribution in [0.5, 0.6) is 0 Å². The molecule has 1 aromatic rings. The minimum atomic E-state index is -0.336. The molecule has 0 bridgehead atoms. The van der Waals surface area contributed by atoms with Crippen molar-refractivity contribution in [2.24, 2.45) is 0 Å². The molecule has 5 nitrogen and oxygen atoms in total. The molecule has 0 aliphatic carbocycles. The third-order valence-electron chi connectivity index (χ3n) is 2.83. The zero-order valence-electron chi connectivity index (χ0n) is 12.1. The molecule has 0 heterocycles. The molecular formula is C14H23N3O2. The van der Waals surface area contributed by atoms with Gasteiger partial charge < -0.3 is 20.3 Å². The second-order valence-electron chi connectivity index (χ2n) is 4.72. The largest absolute Gasteiger partial charge is 0.462 e. The van der Waals surface area contributed by atoms with E-state index in [1.165, 1.54) is 0 Å². The Balaban J connectivity index is 2.79. The van der Waals surface area contributed by atoms with Gasteiger partial charge in [0.2, 0.25) is 0 Å². The first-order valence-corrected chi connectivity index (χ1v) is 6.38. The number of carbonyl (C=O) groups excluding carboxylic acids is 1. The molecule has 0 fully saturated rings. The van der Waals surface area contributed by atoms with Gasteiger partial charge in [-0.1, -0.05) is 0 Å². The Hall–Kier alpha value is -1.75. The van der Waals surface area contributed by atoms with Gasteiger partial charge in [-0.25, -0.2) is 4.79 Å². The number of nitrogen functional groups attached to an aromatic ring is 1. The van der Waals surface area contributed by atoms with E-state index in [0.717, 1.165) is 18.8 Å². The predicted octanol–water partition coefficient (Wildman–Crippen LogP) is 1.44. The minimum Gasteiger partial charge on any atom is -0.462 e.